The number of ether oxygens (including phenoxy) is 1. The maximum absolute atomic E-state index is 12.6. The molecule has 12 heteroatoms. The van der Waals surface area contributed by atoms with Crippen LogP contribution in [-0.2, 0) is 21.9 Å². The third kappa shape index (κ3) is 13.4. The molecule has 31 heavy (non-hydrogen) atoms. The molecule has 0 saturated heterocycles. The van der Waals surface area contributed by atoms with Crippen LogP contribution in [0.4, 0.5) is 36.8 Å². The fraction of sp³-hybridized carbons (Fsp3) is 0.579. The van der Waals surface area contributed by atoms with Crippen LogP contribution >= 0.6 is 0 Å². The van der Waals surface area contributed by atoms with Crippen molar-refractivity contribution in [3.05, 3.63) is 29.3 Å². The fourth-order valence-electron chi connectivity index (χ4n) is 2.31. The highest BCUT2D eigenvalue weighted by Gasteiger charge is 2.37. The Morgan fingerprint density at radius 2 is 1.23 bits per heavy atom. The molecule has 0 aliphatic carbocycles. The van der Waals surface area contributed by atoms with E-state index < -0.39 is 47.7 Å². The minimum absolute atomic E-state index is 0.0156. The highest BCUT2D eigenvalue weighted by Crippen LogP contribution is 2.37. The average Bonchev–Trinajstić information content (AvgIpc) is 2.48. The number of hydrogen-bond acceptors (Lipinski definition) is 3. The Kier molecular flexibility index (Phi) is 9.38. The molecule has 1 aromatic carbocycles. The first kappa shape index (κ1) is 28.5. The molecule has 0 aromatic heterocycles. The summed E-state index contributed by atoms with van der Waals surface area (Å²) in [5, 5.41) is 11.6. The smallest absolute Gasteiger partial charge is 0.416 e. The molecule has 0 radical (unpaired) electrons. The van der Waals surface area contributed by atoms with Gasteiger partial charge in [0.15, 0.2) is 0 Å². The molecule has 0 heterocycles. The number of hydrogen-bond donors (Lipinski definition) is 3. The van der Waals surface area contributed by atoms with E-state index in [-0.39, 0.29) is 17.3 Å². The standard InChI is InChI=1S/C11H8F6N2O3.C8H18O/c12-10(13,14)5-1-6(11(15,16)17)3-7(2-5)19-8(20)4-18-9(21)22;1-7(2,3)9-8(4,5)6/h1-3,18H,4H2,(H,19,20)(H,21,22);1-6H3. The summed E-state index contributed by atoms with van der Waals surface area (Å²) in [4.78, 5) is 21.4. The number of halogens is 6. The zero-order chi connectivity index (χ0) is 24.8. The van der Waals surface area contributed by atoms with Crippen LogP contribution < -0.4 is 10.6 Å². The van der Waals surface area contributed by atoms with Gasteiger partial charge in [0.05, 0.1) is 22.3 Å². The Hall–Kier alpha value is -2.50. The first-order valence-electron chi connectivity index (χ1n) is 8.86. The highest BCUT2D eigenvalue weighted by molar-refractivity contribution is 5.93. The van der Waals surface area contributed by atoms with Crippen molar-refractivity contribution in [1.82, 2.24) is 5.32 Å². The highest BCUT2D eigenvalue weighted by atomic mass is 19.4. The lowest BCUT2D eigenvalue weighted by molar-refractivity contribution is -0.143. The number of alkyl halides is 6. The first-order chi connectivity index (χ1) is 13.6. The van der Waals surface area contributed by atoms with Crippen molar-refractivity contribution in [1.29, 1.82) is 0 Å². The zero-order valence-corrected chi connectivity index (χ0v) is 17.9. The van der Waals surface area contributed by atoms with Gasteiger partial charge in [0.1, 0.15) is 6.54 Å². The lowest BCUT2D eigenvalue weighted by atomic mass is 10.1. The Balaban J connectivity index is 0.000000842. The van der Waals surface area contributed by atoms with Crippen LogP contribution in [0.3, 0.4) is 0 Å². The molecule has 0 fully saturated rings. The van der Waals surface area contributed by atoms with Gasteiger partial charge in [0.2, 0.25) is 5.91 Å². The number of rotatable bonds is 3. The van der Waals surface area contributed by atoms with E-state index in [4.69, 9.17) is 9.84 Å². The largest absolute Gasteiger partial charge is 0.465 e. The molecule has 0 atom stereocenters. The average molecular weight is 460 g/mol. The lowest BCUT2D eigenvalue weighted by Gasteiger charge is -2.30. The van der Waals surface area contributed by atoms with Gasteiger partial charge >= 0.3 is 18.4 Å². The van der Waals surface area contributed by atoms with Crippen molar-refractivity contribution in [2.75, 3.05) is 11.9 Å². The molecule has 2 amide bonds. The summed E-state index contributed by atoms with van der Waals surface area (Å²) < 4.78 is 81.0. The number of carboxylic acid groups (broad SMARTS) is 1. The molecular weight excluding hydrogens is 434 g/mol. The van der Waals surface area contributed by atoms with Gasteiger partial charge in [-0.3, -0.25) is 4.79 Å². The van der Waals surface area contributed by atoms with E-state index in [1.54, 1.807) is 10.6 Å². The normalized spacial score (nSPS) is 12.5. The number of anilines is 1. The van der Waals surface area contributed by atoms with E-state index in [1.807, 2.05) is 0 Å². The van der Waals surface area contributed by atoms with Crippen LogP contribution in [0.5, 0.6) is 0 Å². The van der Waals surface area contributed by atoms with Crippen molar-refractivity contribution in [2.45, 2.75) is 65.1 Å². The maximum Gasteiger partial charge on any atom is 0.416 e. The Morgan fingerprint density at radius 3 is 1.48 bits per heavy atom. The van der Waals surface area contributed by atoms with E-state index >= 15 is 0 Å². The van der Waals surface area contributed by atoms with Crippen LogP contribution in [-0.4, -0.2) is 34.9 Å². The van der Waals surface area contributed by atoms with E-state index in [1.165, 1.54) is 0 Å². The van der Waals surface area contributed by atoms with Gasteiger partial charge in [-0.15, -0.1) is 0 Å². The van der Waals surface area contributed by atoms with Crippen LogP contribution in [0.1, 0.15) is 52.7 Å². The van der Waals surface area contributed by atoms with Crippen molar-refractivity contribution in [3.63, 3.8) is 0 Å². The molecule has 0 spiro atoms. The number of carbonyl (C=O) groups excluding carboxylic acids is 1. The van der Waals surface area contributed by atoms with Gasteiger partial charge < -0.3 is 20.5 Å². The quantitative estimate of drug-likeness (QED) is 0.518. The topological polar surface area (TPSA) is 87.7 Å². The molecule has 178 valence electrons. The minimum atomic E-state index is -5.04. The minimum Gasteiger partial charge on any atom is -0.465 e. The summed E-state index contributed by atoms with van der Waals surface area (Å²) in [5.41, 5.74) is -3.97. The van der Waals surface area contributed by atoms with E-state index in [2.05, 4.69) is 41.5 Å². The summed E-state index contributed by atoms with van der Waals surface area (Å²) in [6, 6.07) is 0.535. The number of carbonyl (C=O) groups is 2. The van der Waals surface area contributed by atoms with Gasteiger partial charge in [0, 0.05) is 5.69 Å². The third-order valence-electron chi connectivity index (χ3n) is 2.88. The Morgan fingerprint density at radius 1 is 0.839 bits per heavy atom. The molecule has 0 bridgehead atoms. The fourth-order valence-corrected chi connectivity index (χ4v) is 2.31. The molecule has 0 saturated carbocycles. The van der Waals surface area contributed by atoms with Crippen molar-refractivity contribution < 1.29 is 45.8 Å². The molecule has 1 aromatic rings. The van der Waals surface area contributed by atoms with Crippen molar-refractivity contribution in [3.8, 4) is 0 Å². The molecule has 3 N–H and O–H groups in total. The van der Waals surface area contributed by atoms with Crippen LogP contribution in [0.25, 0.3) is 0 Å². The molecule has 6 nitrogen and oxygen atoms in total. The predicted molar refractivity (Wildman–Crippen MR) is 102 cm³/mol. The van der Waals surface area contributed by atoms with Crippen molar-refractivity contribution in [2.24, 2.45) is 0 Å². The summed E-state index contributed by atoms with van der Waals surface area (Å²) in [7, 11) is 0. The lowest BCUT2D eigenvalue weighted by Crippen LogP contribution is -2.31. The zero-order valence-electron chi connectivity index (χ0n) is 17.9. The molecule has 0 aliphatic rings. The monoisotopic (exact) mass is 460 g/mol. The first-order valence-corrected chi connectivity index (χ1v) is 8.86. The van der Waals surface area contributed by atoms with E-state index in [0.717, 1.165) is 0 Å². The van der Waals surface area contributed by atoms with Gasteiger partial charge in [-0.2, -0.15) is 26.3 Å². The van der Waals surface area contributed by atoms with E-state index in [9.17, 15) is 35.9 Å². The maximum atomic E-state index is 12.6. The Labute approximate surface area is 176 Å². The number of amides is 2. The summed E-state index contributed by atoms with van der Waals surface area (Å²) in [6.45, 7) is 11.6. The Bertz CT molecular complexity index is 718. The molecular formula is C19H26F6N2O4. The number of nitrogens with one attached hydrogen (secondary N) is 2. The summed E-state index contributed by atoms with van der Waals surface area (Å²) in [5.74, 6) is -1.12. The third-order valence-corrected chi connectivity index (χ3v) is 2.88. The van der Waals surface area contributed by atoms with Crippen LogP contribution in [0.15, 0.2) is 18.2 Å². The van der Waals surface area contributed by atoms with Gasteiger partial charge in [-0.25, -0.2) is 4.79 Å². The second-order valence-electron chi connectivity index (χ2n) is 8.33. The molecule has 0 aliphatic heterocycles. The number of benzene rings is 1. The SMILES string of the molecule is CC(C)(C)OC(C)(C)C.O=C(O)NCC(=O)Nc1cc(C(F)(F)F)cc(C(F)(F)F)c1. The predicted octanol–water partition coefficient (Wildman–Crippen LogP) is 5.53. The van der Waals surface area contributed by atoms with Crippen molar-refractivity contribution >= 4 is 17.7 Å². The van der Waals surface area contributed by atoms with Crippen LogP contribution in [0.2, 0.25) is 0 Å². The summed E-state index contributed by atoms with van der Waals surface area (Å²) >= 11 is 0. The molecule has 0 unspecified atom stereocenters. The second kappa shape index (κ2) is 10.2. The van der Waals surface area contributed by atoms with Crippen LogP contribution in [0, 0.1) is 0 Å². The molecule has 1 rings (SSSR count). The van der Waals surface area contributed by atoms with Gasteiger partial charge in [-0.05, 0) is 59.7 Å². The van der Waals surface area contributed by atoms with Gasteiger partial charge in [0.25, 0.3) is 0 Å². The van der Waals surface area contributed by atoms with Gasteiger partial charge in [-0.1, -0.05) is 0 Å². The summed E-state index contributed by atoms with van der Waals surface area (Å²) in [6.07, 6.45) is -11.7. The van der Waals surface area contributed by atoms with E-state index in [0.29, 0.717) is 12.1 Å². The second-order valence-corrected chi connectivity index (χ2v) is 8.33.